The zero-order valence-corrected chi connectivity index (χ0v) is 23.7. The number of pyridine rings is 1. The Hall–Kier alpha value is -5.21. The van der Waals surface area contributed by atoms with E-state index in [2.05, 4.69) is 43.8 Å². The number of nitrogens with zero attached hydrogens (tertiary/aromatic N) is 7. The van der Waals surface area contributed by atoms with Crippen LogP contribution in [0.2, 0.25) is 0 Å². The molecule has 4 aromatic rings. The fourth-order valence-corrected chi connectivity index (χ4v) is 5.27. The molecule has 11 nitrogen and oxygen atoms in total. The van der Waals surface area contributed by atoms with Gasteiger partial charge in [-0.3, -0.25) is 19.4 Å². The van der Waals surface area contributed by atoms with Crippen molar-refractivity contribution in [3.8, 4) is 17.7 Å². The van der Waals surface area contributed by atoms with Gasteiger partial charge in [-0.25, -0.2) is 9.88 Å². The first-order valence-corrected chi connectivity index (χ1v) is 13.8. The molecule has 6 rings (SSSR count). The van der Waals surface area contributed by atoms with Gasteiger partial charge in [0.1, 0.15) is 24.0 Å². The number of fused-ring (bicyclic) bond motifs is 2. The minimum atomic E-state index is -0.196. The Balaban J connectivity index is 1.24. The number of likely N-dealkylation sites (N-methyl/N-ethyl adjacent to an activating group) is 1. The van der Waals surface area contributed by atoms with E-state index in [0.717, 1.165) is 47.0 Å². The fraction of sp³-hybridized carbons (Fsp3) is 0.258. The molecule has 1 amide bonds. The lowest BCUT2D eigenvalue weighted by atomic mass is 10.1. The van der Waals surface area contributed by atoms with Crippen LogP contribution in [0.15, 0.2) is 72.0 Å². The van der Waals surface area contributed by atoms with E-state index >= 15 is 0 Å². The lowest BCUT2D eigenvalue weighted by molar-refractivity contribution is -0.111. The minimum Gasteiger partial charge on any atom is -0.455 e. The monoisotopic (exact) mass is 561 g/mol. The van der Waals surface area contributed by atoms with Crippen LogP contribution in [0.25, 0.3) is 16.9 Å². The summed E-state index contributed by atoms with van der Waals surface area (Å²) in [6.07, 6.45) is 11.4. The van der Waals surface area contributed by atoms with Crippen LogP contribution in [0.4, 0.5) is 11.4 Å². The van der Waals surface area contributed by atoms with Gasteiger partial charge in [0.2, 0.25) is 5.91 Å². The summed E-state index contributed by atoms with van der Waals surface area (Å²) >= 11 is 0. The summed E-state index contributed by atoms with van der Waals surface area (Å²) in [7, 11) is 3.92. The second kappa shape index (κ2) is 11.3. The molecule has 0 radical (unpaired) electrons. The molecule has 42 heavy (non-hydrogen) atoms. The van der Waals surface area contributed by atoms with E-state index in [-0.39, 0.29) is 18.6 Å². The maximum Gasteiger partial charge on any atom is 0.248 e. The molecule has 11 heteroatoms. The summed E-state index contributed by atoms with van der Waals surface area (Å²) < 4.78 is 7.84. The number of nitrogens with one attached hydrogen (secondary N) is 2. The van der Waals surface area contributed by atoms with Crippen LogP contribution >= 0.6 is 0 Å². The Morgan fingerprint density at radius 2 is 2.00 bits per heavy atom. The second-order valence-electron chi connectivity index (χ2n) is 10.5. The third-order valence-corrected chi connectivity index (χ3v) is 7.55. The van der Waals surface area contributed by atoms with Gasteiger partial charge in [0.15, 0.2) is 11.8 Å². The van der Waals surface area contributed by atoms with Crippen molar-refractivity contribution in [2.45, 2.75) is 25.8 Å². The molecule has 2 aliphatic heterocycles. The Labute approximate surface area is 243 Å². The highest BCUT2D eigenvalue weighted by atomic mass is 16.5. The number of carbonyl (C=O) groups excluding carboxylic acids is 1. The average Bonchev–Trinajstić information content (AvgIpc) is 3.57. The summed E-state index contributed by atoms with van der Waals surface area (Å²) in [5, 5.41) is 22.8. The van der Waals surface area contributed by atoms with Crippen LogP contribution in [-0.4, -0.2) is 56.8 Å². The van der Waals surface area contributed by atoms with Gasteiger partial charge in [-0.15, -0.1) is 0 Å². The molecule has 0 bridgehead atoms. The number of aryl methyl sites for hydroxylation is 2. The predicted molar refractivity (Wildman–Crippen MR) is 160 cm³/mol. The molecule has 2 aliphatic rings. The molecule has 2 aromatic carbocycles. The van der Waals surface area contributed by atoms with Gasteiger partial charge in [0.25, 0.3) is 0 Å². The van der Waals surface area contributed by atoms with E-state index in [4.69, 9.17) is 4.74 Å². The van der Waals surface area contributed by atoms with Crippen molar-refractivity contribution in [2.24, 2.45) is 12.0 Å². The summed E-state index contributed by atoms with van der Waals surface area (Å²) in [5.41, 5.74) is 3.09. The van der Waals surface area contributed by atoms with Crippen LogP contribution in [0, 0.1) is 18.4 Å². The molecular formula is C31H31N9O2. The molecular weight excluding hydrogens is 530 g/mol. The quantitative estimate of drug-likeness (QED) is 0.261. The van der Waals surface area contributed by atoms with E-state index in [0.29, 0.717) is 28.2 Å². The molecule has 0 saturated carbocycles. The largest absolute Gasteiger partial charge is 0.455 e. The maximum atomic E-state index is 12.7. The molecule has 0 spiro atoms. The molecule has 1 atom stereocenters. The van der Waals surface area contributed by atoms with Crippen LogP contribution in [-0.2, 0) is 11.8 Å². The Morgan fingerprint density at radius 1 is 1.14 bits per heavy atom. The first-order valence-electron chi connectivity index (χ1n) is 13.8. The number of likely N-dealkylation sites (tertiary alicyclic amines) is 1. The first kappa shape index (κ1) is 27.0. The van der Waals surface area contributed by atoms with Crippen LogP contribution < -0.4 is 25.9 Å². The number of hydrogen-bond donors (Lipinski definition) is 2. The van der Waals surface area contributed by atoms with Gasteiger partial charge in [-0.05, 0) is 81.4 Å². The number of carbonyl (C=O) groups is 1. The summed E-state index contributed by atoms with van der Waals surface area (Å²) in [4.78, 5) is 25.4. The van der Waals surface area contributed by atoms with E-state index in [1.165, 1.54) is 4.90 Å². The third-order valence-electron chi connectivity index (χ3n) is 7.55. The van der Waals surface area contributed by atoms with Crippen molar-refractivity contribution in [1.82, 2.24) is 24.6 Å². The SMILES string of the molecule is Cc1cc(NC2=c3cc(NC(=O)/C=C/C4CCCN4C)ccc3=NCN2C#N)ccc1Oc1cnc2c(cnn2C)c1. The molecule has 4 heterocycles. The van der Waals surface area contributed by atoms with Gasteiger partial charge in [0.05, 0.1) is 17.8 Å². The van der Waals surface area contributed by atoms with Gasteiger partial charge in [0, 0.05) is 41.1 Å². The number of ether oxygens (including phenoxy) is 1. The zero-order valence-electron chi connectivity index (χ0n) is 23.7. The first-order chi connectivity index (χ1) is 20.4. The Morgan fingerprint density at radius 3 is 2.79 bits per heavy atom. The van der Waals surface area contributed by atoms with Crippen molar-refractivity contribution < 1.29 is 9.53 Å². The van der Waals surface area contributed by atoms with E-state index < -0.39 is 0 Å². The van der Waals surface area contributed by atoms with Crippen LogP contribution in [0.3, 0.4) is 0 Å². The van der Waals surface area contributed by atoms with E-state index in [9.17, 15) is 10.1 Å². The highest BCUT2D eigenvalue weighted by molar-refractivity contribution is 5.99. The third kappa shape index (κ3) is 5.53. The number of anilines is 2. The van der Waals surface area contributed by atoms with Crippen molar-refractivity contribution >= 4 is 34.1 Å². The number of rotatable bonds is 7. The van der Waals surface area contributed by atoms with E-state index in [1.807, 2.05) is 62.5 Å². The molecule has 1 fully saturated rings. The maximum absolute atomic E-state index is 12.7. The van der Waals surface area contributed by atoms with E-state index in [1.54, 1.807) is 23.2 Å². The molecule has 0 aliphatic carbocycles. The Bertz CT molecular complexity index is 1870. The molecule has 2 N–H and O–H groups in total. The second-order valence-corrected chi connectivity index (χ2v) is 10.5. The highest BCUT2D eigenvalue weighted by Gasteiger charge is 2.19. The molecule has 1 unspecified atom stereocenters. The molecule has 212 valence electrons. The molecule has 1 saturated heterocycles. The van der Waals surface area contributed by atoms with Crippen molar-refractivity contribution in [2.75, 3.05) is 30.9 Å². The average molecular weight is 562 g/mol. The van der Waals surface area contributed by atoms with Crippen molar-refractivity contribution in [3.63, 3.8) is 0 Å². The normalized spacial score (nSPS) is 16.8. The van der Waals surface area contributed by atoms with Gasteiger partial charge in [-0.1, -0.05) is 6.08 Å². The van der Waals surface area contributed by atoms with Gasteiger partial charge < -0.3 is 15.4 Å². The standard InChI is InChI=1S/C31H31N9O2/c1-20-13-22(7-10-28(20)42-25-14-21-16-35-39(3)30(21)33-17-25)37-31-26-15-23(6-9-27(26)34-19-40(31)18-32)36-29(41)11-8-24-5-4-12-38(24)2/h6-11,13-17,24,37H,4-5,12,19H2,1-3H3,(H,36,41)/b11-8+. The summed E-state index contributed by atoms with van der Waals surface area (Å²) in [6, 6.07) is 13.4. The highest BCUT2D eigenvalue weighted by Crippen LogP contribution is 2.29. The summed E-state index contributed by atoms with van der Waals surface area (Å²) in [5.74, 6) is 1.69. The number of hydrogen-bond acceptors (Lipinski definition) is 9. The summed E-state index contributed by atoms with van der Waals surface area (Å²) in [6.45, 7) is 3.19. The van der Waals surface area contributed by atoms with Crippen molar-refractivity contribution in [3.05, 3.63) is 83.1 Å². The smallest absolute Gasteiger partial charge is 0.248 e. The topological polar surface area (TPSA) is 124 Å². The van der Waals surface area contributed by atoms with Crippen LogP contribution in [0.5, 0.6) is 11.5 Å². The number of benzene rings is 2. The number of aromatic nitrogens is 3. The number of nitriles is 1. The molecule has 2 aromatic heterocycles. The Kier molecular flexibility index (Phi) is 7.29. The lowest BCUT2D eigenvalue weighted by Gasteiger charge is -2.23. The predicted octanol–water partition coefficient (Wildman–Crippen LogP) is 3.21. The van der Waals surface area contributed by atoms with Crippen LogP contribution in [0.1, 0.15) is 18.4 Å². The minimum absolute atomic E-state index is 0.194. The van der Waals surface area contributed by atoms with Gasteiger partial charge >= 0.3 is 0 Å². The van der Waals surface area contributed by atoms with Gasteiger partial charge in [-0.2, -0.15) is 10.4 Å². The fourth-order valence-electron chi connectivity index (χ4n) is 5.27. The lowest BCUT2D eigenvalue weighted by Crippen LogP contribution is -2.41. The zero-order chi connectivity index (χ0) is 29.2. The van der Waals surface area contributed by atoms with Crippen molar-refractivity contribution in [1.29, 1.82) is 5.26 Å². The number of amides is 1.